The molecule has 0 fully saturated rings. The zero-order chi connectivity index (χ0) is 14.3. The topological polar surface area (TPSA) is 78.1 Å². The minimum absolute atomic E-state index is 0.0650. The van der Waals surface area contributed by atoms with Crippen LogP contribution in [-0.4, -0.2) is 44.6 Å². The minimum Gasteiger partial charge on any atom is -0.504 e. The van der Waals surface area contributed by atoms with Crippen LogP contribution in [0, 0.1) is 13.8 Å². The molecule has 102 valence electrons. The Morgan fingerprint density at radius 2 is 2.05 bits per heavy atom. The number of hydrogen-bond acceptors (Lipinski definition) is 4. The maximum absolute atomic E-state index is 11.4. The summed E-state index contributed by atoms with van der Waals surface area (Å²) >= 11 is 0. The molecular weight excluding hydrogens is 246 g/mol. The molecular formula is C13H17N3O3. The molecule has 6 heteroatoms. The molecule has 2 heterocycles. The first kappa shape index (κ1) is 13.4. The van der Waals surface area contributed by atoms with E-state index < -0.39 is 5.97 Å². The number of aromatic carboxylic acids is 1. The lowest BCUT2D eigenvalue weighted by molar-refractivity contribution is 0.0693. The van der Waals surface area contributed by atoms with E-state index in [4.69, 9.17) is 0 Å². The van der Waals surface area contributed by atoms with Gasteiger partial charge in [-0.25, -0.2) is 9.78 Å². The average Bonchev–Trinajstić information content (AvgIpc) is 2.59. The first-order valence-corrected chi connectivity index (χ1v) is 5.91. The number of rotatable bonds is 3. The molecule has 0 atom stereocenters. The van der Waals surface area contributed by atoms with E-state index in [1.807, 2.05) is 27.9 Å². The number of nitrogens with zero attached hydrogens (tertiary/aromatic N) is 3. The molecule has 19 heavy (non-hydrogen) atoms. The third-order valence-electron chi connectivity index (χ3n) is 3.17. The Hall–Kier alpha value is -2.08. The van der Waals surface area contributed by atoms with E-state index >= 15 is 0 Å². The highest BCUT2D eigenvalue weighted by Gasteiger charge is 2.21. The maximum Gasteiger partial charge on any atom is 0.337 e. The van der Waals surface area contributed by atoms with Gasteiger partial charge in [0.05, 0.1) is 11.3 Å². The van der Waals surface area contributed by atoms with E-state index in [1.54, 1.807) is 9.30 Å². The van der Waals surface area contributed by atoms with Gasteiger partial charge in [-0.05, 0) is 27.9 Å². The van der Waals surface area contributed by atoms with Crippen molar-refractivity contribution in [2.75, 3.05) is 14.1 Å². The largest absolute Gasteiger partial charge is 0.504 e. The predicted molar refractivity (Wildman–Crippen MR) is 70.7 cm³/mol. The number of carbonyl (C=O) groups is 1. The highest BCUT2D eigenvalue weighted by molar-refractivity contribution is 5.91. The monoisotopic (exact) mass is 263 g/mol. The van der Waals surface area contributed by atoms with Gasteiger partial charge < -0.3 is 19.5 Å². The lowest BCUT2D eigenvalue weighted by Crippen LogP contribution is -2.15. The normalized spacial score (nSPS) is 11.4. The van der Waals surface area contributed by atoms with Crippen LogP contribution in [0.1, 0.15) is 27.3 Å². The van der Waals surface area contributed by atoms with Crippen LogP contribution in [-0.2, 0) is 6.54 Å². The van der Waals surface area contributed by atoms with Crippen LogP contribution in [0.25, 0.3) is 5.65 Å². The van der Waals surface area contributed by atoms with Gasteiger partial charge in [0.2, 0.25) is 0 Å². The third-order valence-corrected chi connectivity index (χ3v) is 3.17. The first-order valence-electron chi connectivity index (χ1n) is 5.91. The van der Waals surface area contributed by atoms with Gasteiger partial charge in [-0.1, -0.05) is 0 Å². The second-order valence-electron chi connectivity index (χ2n) is 4.89. The fourth-order valence-corrected chi connectivity index (χ4v) is 2.08. The molecule has 0 radical (unpaired) electrons. The number of aromatic nitrogens is 2. The van der Waals surface area contributed by atoms with Crippen molar-refractivity contribution in [2.45, 2.75) is 20.4 Å². The van der Waals surface area contributed by atoms with Crippen molar-refractivity contribution in [1.29, 1.82) is 0 Å². The van der Waals surface area contributed by atoms with E-state index in [-0.39, 0.29) is 11.3 Å². The van der Waals surface area contributed by atoms with Crippen LogP contribution < -0.4 is 0 Å². The van der Waals surface area contributed by atoms with Crippen LogP contribution in [0.5, 0.6) is 5.75 Å². The molecule has 0 aliphatic carbocycles. The molecule has 0 aliphatic heterocycles. The van der Waals surface area contributed by atoms with Crippen LogP contribution >= 0.6 is 0 Å². The van der Waals surface area contributed by atoms with E-state index in [0.717, 1.165) is 11.4 Å². The molecule has 0 spiro atoms. The molecule has 2 aromatic heterocycles. The summed E-state index contributed by atoms with van der Waals surface area (Å²) in [7, 11) is 3.63. The van der Waals surface area contributed by atoms with Gasteiger partial charge in [0.1, 0.15) is 0 Å². The Balaban J connectivity index is 2.81. The Morgan fingerprint density at radius 3 is 2.58 bits per heavy atom. The van der Waals surface area contributed by atoms with Crippen molar-refractivity contribution < 1.29 is 15.0 Å². The molecule has 0 saturated carbocycles. The molecule has 2 N–H and O–H groups in total. The van der Waals surface area contributed by atoms with E-state index in [9.17, 15) is 15.0 Å². The highest BCUT2D eigenvalue weighted by atomic mass is 16.4. The SMILES string of the molecule is Cc1nc2c(O)c(CN(C)C)c(C(=O)O)cn2c1C. The van der Waals surface area contributed by atoms with E-state index in [1.165, 1.54) is 6.20 Å². The zero-order valence-electron chi connectivity index (χ0n) is 11.4. The fourth-order valence-electron chi connectivity index (χ4n) is 2.08. The van der Waals surface area contributed by atoms with Gasteiger partial charge in [-0.15, -0.1) is 0 Å². The lowest BCUT2D eigenvalue weighted by atomic mass is 10.1. The van der Waals surface area contributed by atoms with Crippen molar-refractivity contribution in [3.63, 3.8) is 0 Å². The molecule has 6 nitrogen and oxygen atoms in total. The summed E-state index contributed by atoms with van der Waals surface area (Å²) in [4.78, 5) is 17.4. The number of pyridine rings is 1. The van der Waals surface area contributed by atoms with Crippen LogP contribution in [0.3, 0.4) is 0 Å². The Bertz CT molecular complexity index is 659. The Kier molecular flexibility index (Phi) is 3.20. The van der Waals surface area contributed by atoms with Crippen molar-refractivity contribution >= 4 is 11.6 Å². The number of fused-ring (bicyclic) bond motifs is 1. The maximum atomic E-state index is 11.4. The quantitative estimate of drug-likeness (QED) is 0.875. The zero-order valence-corrected chi connectivity index (χ0v) is 11.4. The summed E-state index contributed by atoms with van der Waals surface area (Å²) in [6.07, 6.45) is 1.52. The van der Waals surface area contributed by atoms with Gasteiger partial charge in [-0.3, -0.25) is 0 Å². The summed E-state index contributed by atoms with van der Waals surface area (Å²) in [5, 5.41) is 19.6. The number of imidazole rings is 1. The summed E-state index contributed by atoms with van der Waals surface area (Å²) in [5.41, 5.74) is 2.48. The summed E-state index contributed by atoms with van der Waals surface area (Å²) in [6, 6.07) is 0. The molecule has 2 rings (SSSR count). The predicted octanol–water partition coefficient (Wildman–Crippen LogP) is 1.42. The van der Waals surface area contributed by atoms with Gasteiger partial charge in [0.25, 0.3) is 0 Å². The van der Waals surface area contributed by atoms with Crippen molar-refractivity contribution in [3.8, 4) is 5.75 Å². The molecule has 0 aliphatic rings. The van der Waals surface area contributed by atoms with Crippen LogP contribution in [0.15, 0.2) is 6.20 Å². The second-order valence-corrected chi connectivity index (χ2v) is 4.89. The molecule has 0 bridgehead atoms. The van der Waals surface area contributed by atoms with Gasteiger partial charge in [-0.2, -0.15) is 0 Å². The van der Waals surface area contributed by atoms with E-state index in [0.29, 0.717) is 17.8 Å². The molecule has 0 unspecified atom stereocenters. The second kappa shape index (κ2) is 4.55. The van der Waals surface area contributed by atoms with Crippen LogP contribution in [0.2, 0.25) is 0 Å². The van der Waals surface area contributed by atoms with Gasteiger partial charge in [0, 0.05) is 24.0 Å². The fraction of sp³-hybridized carbons (Fsp3) is 0.385. The number of carboxylic acids is 1. The third kappa shape index (κ3) is 2.15. The summed E-state index contributed by atoms with van der Waals surface area (Å²) in [5.74, 6) is -1.12. The summed E-state index contributed by atoms with van der Waals surface area (Å²) < 4.78 is 1.62. The molecule has 2 aromatic rings. The average molecular weight is 263 g/mol. The first-order chi connectivity index (χ1) is 8.82. The molecule has 0 saturated heterocycles. The Morgan fingerprint density at radius 1 is 1.42 bits per heavy atom. The summed E-state index contributed by atoms with van der Waals surface area (Å²) in [6.45, 7) is 4.01. The minimum atomic E-state index is -1.06. The molecule has 0 aromatic carbocycles. The Labute approximate surface area is 110 Å². The number of hydrogen-bond donors (Lipinski definition) is 2. The standard InChI is InChI=1S/C13H17N3O3/c1-7-8(2)16-6-10(13(18)19)9(5-15(3)4)11(17)12(16)14-7/h6,17H,5H2,1-4H3,(H,18,19). The molecule has 0 amide bonds. The number of aryl methyl sites for hydroxylation is 2. The van der Waals surface area contributed by atoms with Crippen molar-refractivity contribution in [1.82, 2.24) is 14.3 Å². The van der Waals surface area contributed by atoms with Gasteiger partial charge in [0.15, 0.2) is 11.4 Å². The van der Waals surface area contributed by atoms with Crippen LogP contribution in [0.4, 0.5) is 0 Å². The van der Waals surface area contributed by atoms with E-state index in [2.05, 4.69) is 4.98 Å². The number of carboxylic acid groups (broad SMARTS) is 1. The van der Waals surface area contributed by atoms with Gasteiger partial charge >= 0.3 is 5.97 Å². The smallest absolute Gasteiger partial charge is 0.337 e. The van der Waals surface area contributed by atoms with Crippen molar-refractivity contribution in [2.24, 2.45) is 0 Å². The lowest BCUT2D eigenvalue weighted by Gasteiger charge is -2.14. The van der Waals surface area contributed by atoms with Crippen molar-refractivity contribution in [3.05, 3.63) is 28.7 Å². The number of aromatic hydroxyl groups is 1. The highest BCUT2D eigenvalue weighted by Crippen LogP contribution is 2.29.